The standard InChI is InChI=1S/C19H13Cl2NO5/c1-2-25-19(24)26-13-6-3-11(4-7-13)9-16-18(23)27-17(22-16)14-8-5-12(20)10-15(14)21/h3-10H,2H2,1H3/b16-9+. The predicted molar refractivity (Wildman–Crippen MR) is 101 cm³/mol. The topological polar surface area (TPSA) is 74.2 Å². The highest BCUT2D eigenvalue weighted by atomic mass is 35.5. The molecular formula is C19H13Cl2NO5. The van der Waals surface area contributed by atoms with Gasteiger partial charge in [0.25, 0.3) is 0 Å². The number of rotatable bonds is 4. The summed E-state index contributed by atoms with van der Waals surface area (Å²) in [6.45, 7) is 1.91. The number of benzene rings is 2. The van der Waals surface area contributed by atoms with E-state index in [0.717, 1.165) is 0 Å². The smallest absolute Gasteiger partial charge is 0.434 e. The normalized spacial score (nSPS) is 14.7. The molecule has 0 spiro atoms. The molecule has 0 aromatic heterocycles. The molecule has 0 fully saturated rings. The largest absolute Gasteiger partial charge is 0.513 e. The quantitative estimate of drug-likeness (QED) is 0.411. The molecule has 0 radical (unpaired) electrons. The van der Waals surface area contributed by atoms with Gasteiger partial charge in [-0.25, -0.2) is 14.6 Å². The first kappa shape index (κ1) is 18.9. The summed E-state index contributed by atoms with van der Waals surface area (Å²) in [5.74, 6) is -0.167. The fraction of sp³-hybridized carbons (Fsp3) is 0.105. The maximum atomic E-state index is 12.1. The molecule has 2 aromatic carbocycles. The van der Waals surface area contributed by atoms with Crippen LogP contribution in [0.25, 0.3) is 6.08 Å². The Bertz CT molecular complexity index is 951. The van der Waals surface area contributed by atoms with Crippen molar-refractivity contribution in [3.8, 4) is 5.75 Å². The first-order valence-corrected chi connectivity index (χ1v) is 8.64. The maximum Gasteiger partial charge on any atom is 0.513 e. The number of nitrogens with zero attached hydrogens (tertiary/aromatic N) is 1. The summed E-state index contributed by atoms with van der Waals surface area (Å²) in [5, 5.41) is 0.797. The van der Waals surface area contributed by atoms with E-state index in [9.17, 15) is 9.59 Å². The highest BCUT2D eigenvalue weighted by molar-refractivity contribution is 6.37. The number of carbonyl (C=O) groups is 2. The molecular weight excluding hydrogens is 393 g/mol. The molecule has 0 bridgehead atoms. The van der Waals surface area contributed by atoms with E-state index in [1.807, 2.05) is 0 Å². The molecule has 0 atom stereocenters. The second-order valence-electron chi connectivity index (χ2n) is 5.31. The van der Waals surface area contributed by atoms with Crippen LogP contribution in [-0.4, -0.2) is 24.6 Å². The minimum atomic E-state index is -0.780. The summed E-state index contributed by atoms with van der Waals surface area (Å²) in [4.78, 5) is 27.5. The first-order valence-electron chi connectivity index (χ1n) is 7.89. The van der Waals surface area contributed by atoms with E-state index in [-0.39, 0.29) is 18.2 Å². The van der Waals surface area contributed by atoms with Crippen LogP contribution in [0, 0.1) is 0 Å². The van der Waals surface area contributed by atoms with Crippen molar-refractivity contribution in [2.75, 3.05) is 6.61 Å². The molecule has 3 rings (SSSR count). The molecule has 1 aliphatic rings. The Hall–Kier alpha value is -2.83. The van der Waals surface area contributed by atoms with Crippen molar-refractivity contribution in [2.24, 2.45) is 4.99 Å². The van der Waals surface area contributed by atoms with Crippen LogP contribution in [0.2, 0.25) is 10.0 Å². The summed E-state index contributed by atoms with van der Waals surface area (Å²) in [5.41, 5.74) is 1.26. The lowest BCUT2D eigenvalue weighted by molar-refractivity contribution is -0.129. The van der Waals surface area contributed by atoms with Crippen molar-refractivity contribution in [1.82, 2.24) is 0 Å². The molecule has 2 aromatic rings. The van der Waals surface area contributed by atoms with Crippen LogP contribution < -0.4 is 4.74 Å². The fourth-order valence-corrected chi connectivity index (χ4v) is 2.71. The van der Waals surface area contributed by atoms with Gasteiger partial charge in [-0.2, -0.15) is 0 Å². The molecule has 1 aliphatic heterocycles. The number of esters is 1. The Morgan fingerprint density at radius 1 is 1.19 bits per heavy atom. The fourth-order valence-electron chi connectivity index (χ4n) is 2.22. The van der Waals surface area contributed by atoms with Crippen molar-refractivity contribution in [1.29, 1.82) is 0 Å². The molecule has 27 heavy (non-hydrogen) atoms. The minimum Gasteiger partial charge on any atom is -0.434 e. The molecule has 0 amide bonds. The Morgan fingerprint density at radius 3 is 2.59 bits per heavy atom. The number of hydrogen-bond donors (Lipinski definition) is 0. The molecule has 1 heterocycles. The third kappa shape index (κ3) is 4.67. The van der Waals surface area contributed by atoms with E-state index >= 15 is 0 Å². The lowest BCUT2D eigenvalue weighted by Crippen LogP contribution is -2.09. The van der Waals surface area contributed by atoms with E-state index in [1.165, 1.54) is 0 Å². The molecule has 0 aliphatic carbocycles. The zero-order chi connectivity index (χ0) is 19.4. The Kier molecular flexibility index (Phi) is 5.78. The maximum absolute atomic E-state index is 12.1. The number of hydrogen-bond acceptors (Lipinski definition) is 6. The lowest BCUT2D eigenvalue weighted by atomic mass is 10.2. The van der Waals surface area contributed by atoms with Crippen LogP contribution in [-0.2, 0) is 14.3 Å². The Balaban J connectivity index is 1.79. The number of halogens is 2. The van der Waals surface area contributed by atoms with Crippen molar-refractivity contribution in [3.05, 3.63) is 69.3 Å². The highest BCUT2D eigenvalue weighted by Crippen LogP contribution is 2.26. The average Bonchev–Trinajstić information content (AvgIpc) is 2.97. The van der Waals surface area contributed by atoms with Crippen LogP contribution in [0.4, 0.5) is 4.79 Å². The van der Waals surface area contributed by atoms with Gasteiger partial charge in [-0.1, -0.05) is 35.3 Å². The Morgan fingerprint density at radius 2 is 1.93 bits per heavy atom. The van der Waals surface area contributed by atoms with Gasteiger partial charge in [0.15, 0.2) is 5.70 Å². The molecule has 138 valence electrons. The first-order chi connectivity index (χ1) is 13.0. The Labute approximate surface area is 165 Å². The summed E-state index contributed by atoms with van der Waals surface area (Å²) < 4.78 is 14.9. The lowest BCUT2D eigenvalue weighted by Gasteiger charge is -2.03. The van der Waals surface area contributed by atoms with Crippen molar-refractivity contribution in [3.63, 3.8) is 0 Å². The molecule has 0 saturated carbocycles. The molecule has 6 nitrogen and oxygen atoms in total. The number of carbonyl (C=O) groups excluding carboxylic acids is 2. The number of ether oxygens (including phenoxy) is 3. The molecule has 0 saturated heterocycles. The summed E-state index contributed by atoms with van der Waals surface area (Å²) in [6, 6.07) is 11.3. The van der Waals surface area contributed by atoms with E-state index in [2.05, 4.69) is 4.99 Å². The van der Waals surface area contributed by atoms with E-state index in [4.69, 9.17) is 37.4 Å². The van der Waals surface area contributed by atoms with Gasteiger partial charge in [-0.15, -0.1) is 0 Å². The average molecular weight is 406 g/mol. The molecule has 8 heteroatoms. The highest BCUT2D eigenvalue weighted by Gasteiger charge is 2.25. The predicted octanol–water partition coefficient (Wildman–Crippen LogP) is 4.87. The third-order valence-corrected chi connectivity index (χ3v) is 3.98. The van der Waals surface area contributed by atoms with Gasteiger partial charge in [-0.05, 0) is 48.9 Å². The van der Waals surface area contributed by atoms with Gasteiger partial charge < -0.3 is 14.2 Å². The van der Waals surface area contributed by atoms with Gasteiger partial charge >= 0.3 is 12.1 Å². The zero-order valence-electron chi connectivity index (χ0n) is 14.1. The van der Waals surface area contributed by atoms with Crippen LogP contribution in [0.15, 0.2) is 53.2 Å². The molecule has 0 N–H and O–H groups in total. The van der Waals surface area contributed by atoms with Crippen LogP contribution in [0.3, 0.4) is 0 Å². The zero-order valence-corrected chi connectivity index (χ0v) is 15.6. The summed E-state index contributed by atoms with van der Waals surface area (Å²) in [6.07, 6.45) is 0.768. The van der Waals surface area contributed by atoms with Gasteiger partial charge in [0.2, 0.25) is 5.90 Å². The van der Waals surface area contributed by atoms with Gasteiger partial charge in [0, 0.05) is 5.02 Å². The van der Waals surface area contributed by atoms with Crippen molar-refractivity contribution >= 4 is 47.3 Å². The van der Waals surface area contributed by atoms with Gasteiger partial charge in [0.05, 0.1) is 17.2 Å². The number of cyclic esters (lactones) is 1. The summed E-state index contributed by atoms with van der Waals surface area (Å²) in [7, 11) is 0. The van der Waals surface area contributed by atoms with E-state index in [0.29, 0.717) is 26.9 Å². The second kappa shape index (κ2) is 8.24. The third-order valence-electron chi connectivity index (χ3n) is 3.43. The second-order valence-corrected chi connectivity index (χ2v) is 6.16. The van der Waals surface area contributed by atoms with Crippen molar-refractivity contribution < 1.29 is 23.8 Å². The molecule has 0 unspecified atom stereocenters. The van der Waals surface area contributed by atoms with E-state index in [1.54, 1.807) is 55.5 Å². The minimum absolute atomic E-state index is 0.107. The van der Waals surface area contributed by atoms with Gasteiger partial charge in [-0.3, -0.25) is 0 Å². The van der Waals surface area contributed by atoms with Crippen molar-refractivity contribution in [2.45, 2.75) is 6.92 Å². The summed E-state index contributed by atoms with van der Waals surface area (Å²) >= 11 is 12.0. The SMILES string of the molecule is CCOC(=O)Oc1ccc(/C=C2/N=C(c3ccc(Cl)cc3Cl)OC2=O)cc1. The van der Waals surface area contributed by atoms with Gasteiger partial charge in [0.1, 0.15) is 5.75 Å². The number of aliphatic imine (C=N–C) groups is 1. The van der Waals surface area contributed by atoms with Crippen LogP contribution in [0.5, 0.6) is 5.75 Å². The monoisotopic (exact) mass is 405 g/mol. The van der Waals surface area contributed by atoms with Crippen LogP contribution >= 0.6 is 23.2 Å². The van der Waals surface area contributed by atoms with E-state index < -0.39 is 12.1 Å². The van der Waals surface area contributed by atoms with Crippen LogP contribution in [0.1, 0.15) is 18.1 Å².